The minimum atomic E-state index is 0.0990. The van der Waals surface area contributed by atoms with Gasteiger partial charge in [-0.2, -0.15) is 0 Å². The number of thioether (sulfide) groups is 1. The van der Waals surface area contributed by atoms with Crippen molar-refractivity contribution in [1.29, 1.82) is 0 Å². The molecule has 16 heavy (non-hydrogen) atoms. The van der Waals surface area contributed by atoms with Crippen LogP contribution in [0.25, 0.3) is 0 Å². The van der Waals surface area contributed by atoms with Crippen LogP contribution in [0.3, 0.4) is 0 Å². The minimum absolute atomic E-state index is 0.0990. The first kappa shape index (κ1) is 10.6. The van der Waals surface area contributed by atoms with E-state index in [1.54, 1.807) is 11.8 Å². The van der Waals surface area contributed by atoms with E-state index in [4.69, 9.17) is 4.74 Å². The molecule has 1 saturated heterocycles. The largest absolute Gasteiger partial charge is 0.369 e. The molecule has 2 aliphatic heterocycles. The molecule has 5 heteroatoms. The smallest absolute Gasteiger partial charge is 0.191 e. The molecule has 0 radical (unpaired) electrons. The Labute approximate surface area is 99.8 Å². The molecule has 0 aromatic carbocycles. The third-order valence-electron chi connectivity index (χ3n) is 3.22. The number of aromatic nitrogens is 3. The molecule has 3 heterocycles. The fourth-order valence-corrected chi connectivity index (χ4v) is 3.04. The third-order valence-corrected chi connectivity index (χ3v) is 4.53. The highest BCUT2D eigenvalue weighted by Gasteiger charge is 2.39. The van der Waals surface area contributed by atoms with Gasteiger partial charge in [-0.1, -0.05) is 18.2 Å². The highest BCUT2D eigenvalue weighted by molar-refractivity contribution is 7.99. The van der Waals surface area contributed by atoms with E-state index < -0.39 is 0 Å². The van der Waals surface area contributed by atoms with Crippen LogP contribution in [-0.2, 0) is 17.7 Å². The Morgan fingerprint density at radius 1 is 1.38 bits per heavy atom. The number of aryl methyl sites for hydroxylation is 1. The van der Waals surface area contributed by atoms with E-state index in [1.807, 2.05) is 0 Å². The molecule has 88 valence electrons. The van der Waals surface area contributed by atoms with Crippen LogP contribution in [0.1, 0.15) is 32.0 Å². The summed E-state index contributed by atoms with van der Waals surface area (Å²) in [7, 11) is 0. The second-order valence-electron chi connectivity index (χ2n) is 4.89. The molecular formula is C11H17N3OS. The summed E-state index contributed by atoms with van der Waals surface area (Å²) in [6, 6.07) is 0. The second kappa shape index (κ2) is 4.04. The molecule has 0 bridgehead atoms. The highest BCUT2D eigenvalue weighted by atomic mass is 32.2. The molecule has 0 spiro atoms. The zero-order valence-corrected chi connectivity index (χ0v) is 10.4. The van der Waals surface area contributed by atoms with Gasteiger partial charge in [0.05, 0.1) is 12.2 Å². The van der Waals surface area contributed by atoms with Crippen molar-refractivity contribution in [2.24, 2.45) is 0 Å². The van der Waals surface area contributed by atoms with Gasteiger partial charge in [0.2, 0.25) is 0 Å². The van der Waals surface area contributed by atoms with Crippen LogP contribution >= 0.6 is 11.8 Å². The van der Waals surface area contributed by atoms with Crippen molar-refractivity contribution < 1.29 is 4.74 Å². The summed E-state index contributed by atoms with van der Waals surface area (Å²) in [5.74, 6) is 2.16. The maximum atomic E-state index is 5.38. The Morgan fingerprint density at radius 3 is 3.06 bits per heavy atom. The van der Waals surface area contributed by atoms with Crippen molar-refractivity contribution in [2.45, 2.75) is 49.9 Å². The lowest BCUT2D eigenvalue weighted by atomic mass is 10.2. The zero-order valence-electron chi connectivity index (χ0n) is 9.61. The van der Waals surface area contributed by atoms with Crippen molar-refractivity contribution >= 4 is 11.8 Å². The first-order valence-electron chi connectivity index (χ1n) is 5.96. The number of ether oxygens (including phenoxy) is 1. The summed E-state index contributed by atoms with van der Waals surface area (Å²) in [5, 5.41) is 9.66. The fraction of sp³-hybridized carbons (Fsp3) is 0.818. The highest BCUT2D eigenvalue weighted by Crippen LogP contribution is 2.33. The van der Waals surface area contributed by atoms with E-state index in [9.17, 15) is 0 Å². The number of rotatable bonds is 3. The van der Waals surface area contributed by atoms with E-state index in [0.29, 0.717) is 0 Å². The third kappa shape index (κ3) is 2.11. The van der Waals surface area contributed by atoms with E-state index in [1.165, 1.54) is 25.1 Å². The SMILES string of the molecule is CC1(CSc2nnc3n2CCCCC3)CO1. The molecule has 1 unspecified atom stereocenters. The first-order chi connectivity index (χ1) is 7.77. The van der Waals surface area contributed by atoms with Gasteiger partial charge >= 0.3 is 0 Å². The fourth-order valence-electron chi connectivity index (χ4n) is 1.99. The van der Waals surface area contributed by atoms with Crippen molar-refractivity contribution in [2.75, 3.05) is 12.4 Å². The van der Waals surface area contributed by atoms with Gasteiger partial charge in [-0.15, -0.1) is 10.2 Å². The summed E-state index contributed by atoms with van der Waals surface area (Å²) in [5.41, 5.74) is 0.0990. The Balaban J connectivity index is 1.71. The predicted molar refractivity (Wildman–Crippen MR) is 62.7 cm³/mol. The van der Waals surface area contributed by atoms with Crippen molar-refractivity contribution in [1.82, 2.24) is 14.8 Å². The van der Waals surface area contributed by atoms with Gasteiger partial charge in [-0.25, -0.2) is 0 Å². The number of fused-ring (bicyclic) bond motifs is 1. The van der Waals surface area contributed by atoms with E-state index in [0.717, 1.165) is 30.5 Å². The maximum absolute atomic E-state index is 5.38. The molecule has 4 nitrogen and oxygen atoms in total. The predicted octanol–water partition coefficient (Wildman–Crippen LogP) is 1.89. The molecule has 1 atom stereocenters. The molecule has 1 aromatic heterocycles. The average Bonchev–Trinajstić information content (AvgIpc) is 2.97. The Hall–Kier alpha value is -0.550. The van der Waals surface area contributed by atoms with Crippen LogP contribution < -0.4 is 0 Å². The van der Waals surface area contributed by atoms with Crippen LogP contribution in [0.2, 0.25) is 0 Å². The van der Waals surface area contributed by atoms with Gasteiger partial charge in [-0.05, 0) is 19.8 Å². The van der Waals surface area contributed by atoms with E-state index in [2.05, 4.69) is 21.7 Å². The Kier molecular flexibility index (Phi) is 2.67. The quantitative estimate of drug-likeness (QED) is 0.597. The zero-order chi connectivity index (χ0) is 11.0. The van der Waals surface area contributed by atoms with E-state index >= 15 is 0 Å². The lowest BCUT2D eigenvalue weighted by Crippen LogP contribution is -2.09. The number of hydrogen-bond acceptors (Lipinski definition) is 4. The van der Waals surface area contributed by atoms with Crippen LogP contribution in [-0.4, -0.2) is 32.7 Å². The standard InChI is InChI=1S/C11H17N3OS/c1-11(7-15-11)8-16-10-13-12-9-5-3-2-4-6-14(9)10/h2-8H2,1H3. The van der Waals surface area contributed by atoms with Crippen molar-refractivity contribution in [3.8, 4) is 0 Å². The molecule has 0 N–H and O–H groups in total. The normalized spacial score (nSPS) is 28.6. The van der Waals surface area contributed by atoms with Gasteiger partial charge < -0.3 is 9.30 Å². The minimum Gasteiger partial charge on any atom is -0.369 e. The van der Waals surface area contributed by atoms with Crippen LogP contribution in [0.4, 0.5) is 0 Å². The summed E-state index contributed by atoms with van der Waals surface area (Å²) in [4.78, 5) is 0. The van der Waals surface area contributed by atoms with Crippen molar-refractivity contribution in [3.05, 3.63) is 5.82 Å². The topological polar surface area (TPSA) is 43.2 Å². The summed E-state index contributed by atoms with van der Waals surface area (Å²) in [6.07, 6.45) is 4.91. The summed E-state index contributed by atoms with van der Waals surface area (Å²) >= 11 is 1.78. The Bertz CT molecular complexity index is 387. The van der Waals surface area contributed by atoms with Gasteiger partial charge in [-0.3, -0.25) is 0 Å². The Morgan fingerprint density at radius 2 is 2.25 bits per heavy atom. The summed E-state index contributed by atoms with van der Waals surface area (Å²) in [6.45, 7) is 4.13. The van der Waals surface area contributed by atoms with Crippen LogP contribution in [0.15, 0.2) is 5.16 Å². The lowest BCUT2D eigenvalue weighted by molar-refractivity contribution is 0.348. The monoisotopic (exact) mass is 239 g/mol. The van der Waals surface area contributed by atoms with E-state index in [-0.39, 0.29) is 5.60 Å². The van der Waals surface area contributed by atoms with Crippen LogP contribution in [0.5, 0.6) is 0 Å². The molecular weight excluding hydrogens is 222 g/mol. The number of nitrogens with zero attached hydrogens (tertiary/aromatic N) is 3. The van der Waals surface area contributed by atoms with Gasteiger partial charge in [0.25, 0.3) is 0 Å². The molecule has 0 aliphatic carbocycles. The molecule has 1 fully saturated rings. The average molecular weight is 239 g/mol. The van der Waals surface area contributed by atoms with Crippen molar-refractivity contribution in [3.63, 3.8) is 0 Å². The lowest BCUT2D eigenvalue weighted by Gasteiger charge is -2.07. The number of epoxide rings is 1. The molecule has 2 aliphatic rings. The summed E-state index contributed by atoms with van der Waals surface area (Å²) < 4.78 is 7.68. The van der Waals surface area contributed by atoms with Gasteiger partial charge in [0.1, 0.15) is 5.82 Å². The molecule has 0 saturated carbocycles. The first-order valence-corrected chi connectivity index (χ1v) is 6.94. The van der Waals surface area contributed by atoms with Crippen LogP contribution in [0, 0.1) is 0 Å². The second-order valence-corrected chi connectivity index (χ2v) is 5.83. The molecule has 3 rings (SSSR count). The molecule has 0 amide bonds. The number of hydrogen-bond donors (Lipinski definition) is 0. The maximum Gasteiger partial charge on any atom is 0.191 e. The van der Waals surface area contributed by atoms with Gasteiger partial charge in [0, 0.05) is 18.7 Å². The van der Waals surface area contributed by atoms with Gasteiger partial charge in [0.15, 0.2) is 5.16 Å². The molecule has 1 aromatic rings.